The lowest BCUT2D eigenvalue weighted by atomic mass is 10.1. The van der Waals surface area contributed by atoms with E-state index in [-0.39, 0.29) is 11.9 Å². The van der Waals surface area contributed by atoms with Crippen molar-refractivity contribution in [3.63, 3.8) is 0 Å². The molecule has 5 heteroatoms. The Kier molecular flexibility index (Phi) is 6.99. The van der Waals surface area contributed by atoms with Gasteiger partial charge in [-0.05, 0) is 31.2 Å². The molecule has 2 aromatic rings. The van der Waals surface area contributed by atoms with Crippen LogP contribution >= 0.6 is 0 Å². The first kappa shape index (κ1) is 18.4. The molecule has 0 spiro atoms. The molecule has 1 fully saturated rings. The Morgan fingerprint density at radius 1 is 1.04 bits per heavy atom. The molecule has 0 unspecified atom stereocenters. The highest BCUT2D eigenvalue weighted by Crippen LogP contribution is 2.17. The maximum Gasteiger partial charge on any atom is 0.270 e. The average molecular weight is 352 g/mol. The summed E-state index contributed by atoms with van der Waals surface area (Å²) in [7, 11) is 0. The second-order valence-electron chi connectivity index (χ2n) is 6.97. The van der Waals surface area contributed by atoms with Gasteiger partial charge in [-0.25, -0.2) is 9.97 Å². The molecular formula is C21H28N4O. The van der Waals surface area contributed by atoms with Crippen LogP contribution in [-0.4, -0.2) is 28.5 Å². The molecule has 5 nitrogen and oxygen atoms in total. The van der Waals surface area contributed by atoms with Crippen molar-refractivity contribution in [2.45, 2.75) is 57.4 Å². The van der Waals surface area contributed by atoms with Crippen molar-refractivity contribution in [1.82, 2.24) is 15.3 Å². The van der Waals surface area contributed by atoms with Gasteiger partial charge in [0.15, 0.2) is 0 Å². The summed E-state index contributed by atoms with van der Waals surface area (Å²) in [6.07, 6.45) is 10.6. The summed E-state index contributed by atoms with van der Waals surface area (Å²) < 4.78 is 0. The van der Waals surface area contributed by atoms with Gasteiger partial charge in [-0.3, -0.25) is 4.79 Å². The van der Waals surface area contributed by atoms with Gasteiger partial charge in [0, 0.05) is 18.7 Å². The first-order valence-corrected chi connectivity index (χ1v) is 9.72. The number of nitrogens with zero attached hydrogens (tertiary/aromatic N) is 2. The number of aryl methyl sites for hydroxylation is 1. The SMILES string of the molecule is O=C(NC1CCCCCC1)c1cc(NCCCc2ccccc2)ncn1. The van der Waals surface area contributed by atoms with Crippen molar-refractivity contribution < 1.29 is 4.79 Å². The number of anilines is 1. The summed E-state index contributed by atoms with van der Waals surface area (Å²) >= 11 is 0. The zero-order valence-electron chi connectivity index (χ0n) is 15.3. The normalized spacial score (nSPS) is 15.2. The van der Waals surface area contributed by atoms with Gasteiger partial charge >= 0.3 is 0 Å². The summed E-state index contributed by atoms with van der Waals surface area (Å²) in [5, 5.41) is 6.43. The Labute approximate surface area is 155 Å². The molecule has 1 aromatic heterocycles. The summed E-state index contributed by atoms with van der Waals surface area (Å²) in [5.74, 6) is 0.616. The molecule has 0 radical (unpaired) electrons. The van der Waals surface area contributed by atoms with E-state index in [2.05, 4.69) is 44.9 Å². The lowest BCUT2D eigenvalue weighted by Crippen LogP contribution is -2.35. The van der Waals surface area contributed by atoms with E-state index < -0.39 is 0 Å². The minimum atomic E-state index is -0.0911. The van der Waals surface area contributed by atoms with E-state index >= 15 is 0 Å². The molecule has 2 N–H and O–H groups in total. The van der Waals surface area contributed by atoms with E-state index in [4.69, 9.17) is 0 Å². The number of carbonyl (C=O) groups excluding carboxylic acids is 1. The van der Waals surface area contributed by atoms with Crippen LogP contribution in [0.2, 0.25) is 0 Å². The van der Waals surface area contributed by atoms with Crippen molar-refractivity contribution in [2.75, 3.05) is 11.9 Å². The van der Waals surface area contributed by atoms with Crippen molar-refractivity contribution in [3.8, 4) is 0 Å². The zero-order chi connectivity index (χ0) is 18.0. The minimum absolute atomic E-state index is 0.0911. The number of amides is 1. The van der Waals surface area contributed by atoms with Crippen molar-refractivity contribution in [3.05, 3.63) is 54.0 Å². The molecule has 138 valence electrons. The van der Waals surface area contributed by atoms with E-state index in [9.17, 15) is 4.79 Å². The molecule has 3 rings (SSSR count). The lowest BCUT2D eigenvalue weighted by molar-refractivity contribution is 0.0928. The molecule has 1 amide bonds. The summed E-state index contributed by atoms with van der Waals surface area (Å²) in [6, 6.07) is 12.5. The molecule has 26 heavy (non-hydrogen) atoms. The second kappa shape index (κ2) is 9.90. The molecule has 1 heterocycles. The quantitative estimate of drug-likeness (QED) is 0.584. The molecule has 0 atom stereocenters. The Bertz CT molecular complexity index is 681. The number of aromatic nitrogens is 2. The van der Waals surface area contributed by atoms with Crippen LogP contribution in [0.1, 0.15) is 61.0 Å². The summed E-state index contributed by atoms with van der Waals surface area (Å²) in [4.78, 5) is 20.8. The van der Waals surface area contributed by atoms with Gasteiger partial charge in [0.05, 0.1) is 0 Å². The highest BCUT2D eigenvalue weighted by molar-refractivity contribution is 5.93. The Balaban J connectivity index is 1.46. The topological polar surface area (TPSA) is 66.9 Å². The number of rotatable bonds is 7. The smallest absolute Gasteiger partial charge is 0.270 e. The van der Waals surface area contributed by atoms with Crippen LogP contribution in [0.15, 0.2) is 42.7 Å². The van der Waals surface area contributed by atoms with Gasteiger partial charge in [-0.2, -0.15) is 0 Å². The number of hydrogen-bond acceptors (Lipinski definition) is 4. The second-order valence-corrected chi connectivity index (χ2v) is 6.97. The number of nitrogens with one attached hydrogen (secondary N) is 2. The third kappa shape index (κ3) is 5.83. The fourth-order valence-electron chi connectivity index (χ4n) is 3.41. The maximum atomic E-state index is 12.5. The van der Waals surface area contributed by atoms with Crippen LogP contribution in [0.4, 0.5) is 5.82 Å². The molecule has 1 aliphatic rings. The monoisotopic (exact) mass is 352 g/mol. The zero-order valence-corrected chi connectivity index (χ0v) is 15.3. The van der Waals surface area contributed by atoms with E-state index in [0.717, 1.165) is 32.2 Å². The fourth-order valence-corrected chi connectivity index (χ4v) is 3.41. The van der Waals surface area contributed by atoms with Crippen molar-refractivity contribution >= 4 is 11.7 Å². The number of carbonyl (C=O) groups is 1. The molecular weight excluding hydrogens is 324 g/mol. The largest absolute Gasteiger partial charge is 0.370 e. The van der Waals surface area contributed by atoms with Crippen LogP contribution < -0.4 is 10.6 Å². The molecule has 0 bridgehead atoms. The highest BCUT2D eigenvalue weighted by Gasteiger charge is 2.16. The first-order chi connectivity index (χ1) is 12.8. The van der Waals surface area contributed by atoms with Gasteiger partial charge in [-0.1, -0.05) is 56.0 Å². The van der Waals surface area contributed by atoms with Gasteiger partial charge in [0.1, 0.15) is 17.8 Å². The minimum Gasteiger partial charge on any atom is -0.370 e. The molecule has 1 aromatic carbocycles. The van der Waals surface area contributed by atoms with Crippen molar-refractivity contribution in [2.24, 2.45) is 0 Å². The molecule has 0 saturated heterocycles. The van der Waals surface area contributed by atoms with Crippen LogP contribution in [0.5, 0.6) is 0 Å². The van der Waals surface area contributed by atoms with Gasteiger partial charge in [0.25, 0.3) is 5.91 Å². The van der Waals surface area contributed by atoms with Gasteiger partial charge < -0.3 is 10.6 Å². The van der Waals surface area contributed by atoms with Crippen molar-refractivity contribution in [1.29, 1.82) is 0 Å². The Hall–Kier alpha value is -2.43. The van der Waals surface area contributed by atoms with E-state index in [1.54, 1.807) is 6.07 Å². The predicted molar refractivity (Wildman–Crippen MR) is 104 cm³/mol. The number of hydrogen-bond donors (Lipinski definition) is 2. The van der Waals surface area contributed by atoms with Gasteiger partial charge in [-0.15, -0.1) is 0 Å². The average Bonchev–Trinajstić information content (AvgIpc) is 2.95. The Morgan fingerprint density at radius 2 is 1.81 bits per heavy atom. The van der Waals surface area contributed by atoms with Crippen LogP contribution in [-0.2, 0) is 6.42 Å². The summed E-state index contributed by atoms with van der Waals surface area (Å²) in [5.41, 5.74) is 1.77. The Morgan fingerprint density at radius 3 is 2.58 bits per heavy atom. The van der Waals surface area contributed by atoms with E-state index in [1.807, 2.05) is 6.07 Å². The first-order valence-electron chi connectivity index (χ1n) is 9.72. The van der Waals surface area contributed by atoms with Crippen LogP contribution in [0.3, 0.4) is 0 Å². The lowest BCUT2D eigenvalue weighted by Gasteiger charge is -2.16. The molecule has 0 aliphatic heterocycles. The summed E-state index contributed by atoms with van der Waals surface area (Å²) in [6.45, 7) is 0.815. The van der Waals surface area contributed by atoms with Crippen LogP contribution in [0, 0.1) is 0 Å². The van der Waals surface area contributed by atoms with Gasteiger partial charge in [0.2, 0.25) is 0 Å². The highest BCUT2D eigenvalue weighted by atomic mass is 16.1. The molecule has 1 saturated carbocycles. The fraction of sp³-hybridized carbons (Fsp3) is 0.476. The standard InChI is InChI=1S/C21H28N4O/c26-21(25-18-12-6-1-2-7-13-18)19-15-20(24-16-23-19)22-14-8-11-17-9-4-3-5-10-17/h3-5,9-10,15-16,18H,1-2,6-8,11-14H2,(H,25,26)(H,22,23,24). The number of benzene rings is 1. The maximum absolute atomic E-state index is 12.5. The molecule has 1 aliphatic carbocycles. The predicted octanol–water partition coefficient (Wildman–Crippen LogP) is 3.97. The third-order valence-electron chi connectivity index (χ3n) is 4.88. The third-order valence-corrected chi connectivity index (χ3v) is 4.88. The van der Waals surface area contributed by atoms with E-state index in [0.29, 0.717) is 11.5 Å². The van der Waals surface area contributed by atoms with E-state index in [1.165, 1.54) is 37.6 Å². The van der Waals surface area contributed by atoms with Crippen LogP contribution in [0.25, 0.3) is 0 Å².